The summed E-state index contributed by atoms with van der Waals surface area (Å²) in [6.07, 6.45) is -3.77. The second kappa shape index (κ2) is 12.0. The molecular formula is C22H28F4N2O5S. The minimum Gasteiger partial charge on any atom is -0.489 e. The highest BCUT2D eigenvalue weighted by atomic mass is 32.2. The van der Waals surface area contributed by atoms with Gasteiger partial charge in [-0.25, -0.2) is 12.8 Å². The number of ether oxygens (including phenoxy) is 2. The lowest BCUT2D eigenvalue weighted by Crippen LogP contribution is -2.40. The maximum atomic E-state index is 13.0. The lowest BCUT2D eigenvalue weighted by Gasteiger charge is -2.30. The van der Waals surface area contributed by atoms with Crippen LogP contribution in [-0.4, -0.2) is 46.9 Å². The van der Waals surface area contributed by atoms with Gasteiger partial charge in [0.2, 0.25) is 6.41 Å². The molecule has 0 bridgehead atoms. The van der Waals surface area contributed by atoms with Gasteiger partial charge in [-0.05, 0) is 56.3 Å². The highest BCUT2D eigenvalue weighted by Gasteiger charge is 2.47. The van der Waals surface area contributed by atoms with E-state index in [1.807, 2.05) is 13.8 Å². The van der Waals surface area contributed by atoms with Gasteiger partial charge in [0.1, 0.15) is 18.2 Å². The van der Waals surface area contributed by atoms with Gasteiger partial charge in [-0.1, -0.05) is 13.8 Å². The molecule has 1 aliphatic heterocycles. The average molecular weight is 509 g/mol. The highest BCUT2D eigenvalue weighted by molar-refractivity contribution is 7.92. The summed E-state index contributed by atoms with van der Waals surface area (Å²) in [6.45, 7) is 6.28. The second-order valence-corrected chi connectivity index (χ2v) is 8.90. The molecule has 0 atom stereocenters. The number of nitrogens with zero attached hydrogens (tertiary/aromatic N) is 1. The molecule has 0 saturated carbocycles. The van der Waals surface area contributed by atoms with Gasteiger partial charge in [-0.15, -0.1) is 0 Å². The van der Waals surface area contributed by atoms with Gasteiger partial charge >= 0.3 is 6.18 Å². The number of carbonyl (C=O) groups excluding carboxylic acids is 1. The fourth-order valence-corrected chi connectivity index (χ4v) is 3.90. The fourth-order valence-electron chi connectivity index (χ4n) is 2.45. The minimum atomic E-state index is -4.28. The van der Waals surface area contributed by atoms with Crippen LogP contribution in [0.1, 0.15) is 27.7 Å². The molecule has 0 aliphatic carbocycles. The first-order valence-electron chi connectivity index (χ1n) is 10.2. The molecule has 1 amide bonds. The number of halogens is 4. The SMILES string of the molecule is CC.COC(C)(C)C(F)(F)F.O=CNc1ccc2c(c1)N(S(=O)(=O)c1ccc(F)cc1)CCO2. The van der Waals surface area contributed by atoms with Crippen LogP contribution >= 0.6 is 0 Å². The maximum absolute atomic E-state index is 13.0. The summed E-state index contributed by atoms with van der Waals surface area (Å²) in [5.41, 5.74) is -1.25. The van der Waals surface area contributed by atoms with E-state index in [2.05, 4.69) is 10.1 Å². The van der Waals surface area contributed by atoms with E-state index in [9.17, 15) is 30.8 Å². The van der Waals surface area contributed by atoms with E-state index in [0.29, 0.717) is 23.5 Å². The van der Waals surface area contributed by atoms with E-state index in [4.69, 9.17) is 4.74 Å². The number of alkyl halides is 3. The smallest absolute Gasteiger partial charge is 0.416 e. The predicted molar refractivity (Wildman–Crippen MR) is 121 cm³/mol. The Morgan fingerprint density at radius 1 is 1.09 bits per heavy atom. The van der Waals surface area contributed by atoms with Crippen LogP contribution in [-0.2, 0) is 19.6 Å². The summed E-state index contributed by atoms with van der Waals surface area (Å²) in [7, 11) is -2.82. The molecule has 190 valence electrons. The van der Waals surface area contributed by atoms with E-state index in [0.717, 1.165) is 33.1 Å². The normalized spacial score (nSPS) is 13.3. The number of nitrogens with one attached hydrogen (secondary N) is 1. The molecular weight excluding hydrogens is 480 g/mol. The zero-order chi connectivity index (χ0) is 26.2. The molecule has 12 heteroatoms. The number of benzene rings is 2. The van der Waals surface area contributed by atoms with Crippen molar-refractivity contribution in [2.75, 3.05) is 29.9 Å². The Kier molecular flexibility index (Phi) is 10.3. The van der Waals surface area contributed by atoms with Crippen molar-refractivity contribution in [3.63, 3.8) is 0 Å². The number of hydrogen-bond donors (Lipinski definition) is 1. The number of carbonyl (C=O) groups is 1. The maximum Gasteiger partial charge on any atom is 0.416 e. The van der Waals surface area contributed by atoms with Crippen LogP contribution < -0.4 is 14.4 Å². The van der Waals surface area contributed by atoms with Gasteiger partial charge in [-0.2, -0.15) is 13.2 Å². The van der Waals surface area contributed by atoms with Crippen LogP contribution in [0.15, 0.2) is 47.4 Å². The lowest BCUT2D eigenvalue weighted by atomic mass is 10.1. The van der Waals surface area contributed by atoms with Crippen molar-refractivity contribution in [3.8, 4) is 5.75 Å². The van der Waals surface area contributed by atoms with Crippen molar-refractivity contribution in [3.05, 3.63) is 48.3 Å². The van der Waals surface area contributed by atoms with Crippen LogP contribution in [0.5, 0.6) is 5.75 Å². The van der Waals surface area contributed by atoms with E-state index in [-0.39, 0.29) is 18.0 Å². The van der Waals surface area contributed by atoms with Crippen molar-refractivity contribution >= 4 is 27.8 Å². The standard InChI is InChI=1S/C15H13FN2O4S.C5H9F3O.C2H6/c16-11-1-4-13(5-2-11)23(20,21)18-7-8-22-15-6-3-12(17-10-19)9-14(15)18;1-4(2,9-3)5(6,7)8;1-2/h1-6,9-10H,7-8H2,(H,17,19);1-3H3;1-2H3. The Labute approximate surface area is 196 Å². The van der Waals surface area contributed by atoms with Crippen molar-refractivity contribution in [2.45, 2.75) is 44.4 Å². The molecule has 0 unspecified atom stereocenters. The third-order valence-electron chi connectivity index (χ3n) is 4.60. The summed E-state index contributed by atoms with van der Waals surface area (Å²) in [6, 6.07) is 9.34. The molecule has 3 rings (SSSR count). The number of amides is 1. The molecule has 2 aromatic carbocycles. The first kappa shape index (κ1) is 29.2. The minimum absolute atomic E-state index is 0.0134. The molecule has 34 heavy (non-hydrogen) atoms. The van der Waals surface area contributed by atoms with E-state index < -0.39 is 27.6 Å². The van der Waals surface area contributed by atoms with Crippen LogP contribution in [0.3, 0.4) is 0 Å². The number of methoxy groups -OCH3 is 1. The second-order valence-electron chi connectivity index (χ2n) is 7.04. The molecule has 1 aliphatic rings. The summed E-state index contributed by atoms with van der Waals surface area (Å²) in [4.78, 5) is 10.6. The molecule has 2 aromatic rings. The third-order valence-corrected chi connectivity index (χ3v) is 6.43. The van der Waals surface area contributed by atoms with Crippen LogP contribution in [0, 0.1) is 5.82 Å². The van der Waals surface area contributed by atoms with Gasteiger partial charge in [0.15, 0.2) is 5.60 Å². The molecule has 0 saturated heterocycles. The van der Waals surface area contributed by atoms with Crippen LogP contribution in [0.25, 0.3) is 0 Å². The molecule has 7 nitrogen and oxygen atoms in total. The van der Waals surface area contributed by atoms with E-state index >= 15 is 0 Å². The Balaban J connectivity index is 0.000000446. The Hall–Kier alpha value is -2.86. The highest BCUT2D eigenvalue weighted by Crippen LogP contribution is 2.37. The van der Waals surface area contributed by atoms with Crippen molar-refractivity contribution in [1.29, 1.82) is 0 Å². The Morgan fingerprint density at radius 3 is 2.15 bits per heavy atom. The molecule has 1 heterocycles. The van der Waals surface area contributed by atoms with Gasteiger partial charge < -0.3 is 14.8 Å². The van der Waals surface area contributed by atoms with Crippen LogP contribution in [0.4, 0.5) is 28.9 Å². The van der Waals surface area contributed by atoms with Crippen LogP contribution in [0.2, 0.25) is 0 Å². The average Bonchev–Trinajstić information content (AvgIpc) is 2.80. The number of fused-ring (bicyclic) bond motifs is 1. The molecule has 0 aromatic heterocycles. The zero-order valence-electron chi connectivity index (χ0n) is 19.4. The summed E-state index contributed by atoms with van der Waals surface area (Å²) in [5.74, 6) is -0.109. The van der Waals surface area contributed by atoms with Gasteiger partial charge in [0.25, 0.3) is 10.0 Å². The van der Waals surface area contributed by atoms with Gasteiger partial charge in [0, 0.05) is 12.8 Å². The number of anilines is 2. The third kappa shape index (κ3) is 7.07. The topological polar surface area (TPSA) is 84.9 Å². The van der Waals surface area contributed by atoms with E-state index in [1.54, 1.807) is 12.1 Å². The summed E-state index contributed by atoms with van der Waals surface area (Å²) in [5, 5.41) is 2.47. The van der Waals surface area contributed by atoms with Crippen molar-refractivity contribution in [2.24, 2.45) is 0 Å². The predicted octanol–water partition coefficient (Wildman–Crippen LogP) is 4.98. The summed E-state index contributed by atoms with van der Waals surface area (Å²) >= 11 is 0. The summed E-state index contributed by atoms with van der Waals surface area (Å²) < 4.78 is 84.5. The quantitative estimate of drug-likeness (QED) is 0.455. The van der Waals surface area contributed by atoms with E-state index in [1.165, 1.54) is 22.5 Å². The number of sulfonamides is 1. The first-order chi connectivity index (χ1) is 15.8. The van der Waals surface area contributed by atoms with Gasteiger partial charge in [0.05, 0.1) is 17.1 Å². The van der Waals surface area contributed by atoms with Gasteiger partial charge in [-0.3, -0.25) is 9.10 Å². The molecule has 1 N–H and O–H groups in total. The zero-order valence-corrected chi connectivity index (χ0v) is 20.3. The molecule has 0 fully saturated rings. The lowest BCUT2D eigenvalue weighted by molar-refractivity contribution is -0.255. The van der Waals surface area contributed by atoms with Crippen molar-refractivity contribution in [1.82, 2.24) is 0 Å². The fraction of sp³-hybridized carbons (Fsp3) is 0.409. The van der Waals surface area contributed by atoms with Crippen molar-refractivity contribution < 1.29 is 40.2 Å². The monoisotopic (exact) mass is 508 g/mol. The largest absolute Gasteiger partial charge is 0.489 e. The Bertz CT molecular complexity index is 1040. The number of rotatable bonds is 5. The molecule has 0 spiro atoms. The Morgan fingerprint density at radius 2 is 1.68 bits per heavy atom. The molecule has 0 radical (unpaired) electrons. The first-order valence-corrected chi connectivity index (χ1v) is 11.6. The number of hydrogen-bond acceptors (Lipinski definition) is 5.